The molecular weight excluding hydrogens is 366 g/mol. The van der Waals surface area contributed by atoms with Crippen LogP contribution in [-0.2, 0) is 11.3 Å². The molecule has 0 spiro atoms. The average molecular weight is 388 g/mol. The quantitative estimate of drug-likeness (QED) is 0.576. The number of alkyl carbamates (subject to hydrolysis) is 1. The van der Waals surface area contributed by atoms with Gasteiger partial charge in [-0.1, -0.05) is 15.9 Å². The van der Waals surface area contributed by atoms with Gasteiger partial charge in [0.1, 0.15) is 5.60 Å². The van der Waals surface area contributed by atoms with Crippen LogP contribution in [0.2, 0.25) is 0 Å². The molecule has 7 nitrogen and oxygen atoms in total. The molecule has 128 valence electrons. The molecule has 0 aliphatic heterocycles. The lowest BCUT2D eigenvalue weighted by Gasteiger charge is -2.22. The van der Waals surface area contributed by atoms with Gasteiger partial charge >= 0.3 is 6.09 Å². The molecule has 0 fully saturated rings. The lowest BCUT2D eigenvalue weighted by Crippen LogP contribution is -2.42. The van der Waals surface area contributed by atoms with Gasteiger partial charge < -0.3 is 15.4 Å². The van der Waals surface area contributed by atoms with E-state index < -0.39 is 16.6 Å². The van der Waals surface area contributed by atoms with Gasteiger partial charge in [0.05, 0.1) is 4.92 Å². The Bertz CT molecular complexity index is 572. The summed E-state index contributed by atoms with van der Waals surface area (Å²) in [6.45, 7) is 8.01. The second kappa shape index (κ2) is 8.26. The zero-order valence-electron chi connectivity index (χ0n) is 13.7. The number of hydrogen-bond acceptors (Lipinski definition) is 5. The minimum atomic E-state index is -0.546. The van der Waals surface area contributed by atoms with Crippen molar-refractivity contribution in [3.63, 3.8) is 0 Å². The summed E-state index contributed by atoms with van der Waals surface area (Å²) in [5.74, 6) is 0. The molecule has 1 aromatic rings. The molecule has 0 saturated heterocycles. The van der Waals surface area contributed by atoms with E-state index in [1.807, 2.05) is 6.92 Å². The summed E-state index contributed by atoms with van der Waals surface area (Å²) >= 11 is 3.22. The standard InChI is InChI=1S/C15H22BrN3O4/c1-10(18-14(20)23-15(2,3)4)8-17-9-11-5-6-12(16)7-13(11)19(21)22/h5-7,10,17H,8-9H2,1-4H3,(H,18,20). The number of nitrogens with zero attached hydrogens (tertiary/aromatic N) is 1. The first kappa shape index (κ1) is 19.4. The SMILES string of the molecule is CC(CNCc1ccc(Br)cc1[N+](=O)[O-])NC(=O)OC(C)(C)C. The van der Waals surface area contributed by atoms with Gasteiger partial charge in [-0.15, -0.1) is 0 Å². The molecular formula is C15H22BrN3O4. The van der Waals surface area contributed by atoms with E-state index in [0.717, 1.165) is 0 Å². The van der Waals surface area contributed by atoms with Crippen LogP contribution in [0.3, 0.4) is 0 Å². The number of ether oxygens (including phenoxy) is 1. The van der Waals surface area contributed by atoms with Gasteiger partial charge in [-0.2, -0.15) is 0 Å². The molecule has 1 aromatic carbocycles. The van der Waals surface area contributed by atoms with Crippen molar-refractivity contribution < 1.29 is 14.5 Å². The van der Waals surface area contributed by atoms with Crippen LogP contribution in [0, 0.1) is 10.1 Å². The Morgan fingerprint density at radius 2 is 2.09 bits per heavy atom. The van der Waals surface area contributed by atoms with Gasteiger partial charge in [0.25, 0.3) is 5.69 Å². The second-order valence-corrected chi connectivity index (χ2v) is 7.12. The van der Waals surface area contributed by atoms with Gasteiger partial charge in [0.2, 0.25) is 0 Å². The fourth-order valence-corrected chi connectivity index (χ4v) is 2.19. The van der Waals surface area contributed by atoms with E-state index in [-0.39, 0.29) is 11.7 Å². The van der Waals surface area contributed by atoms with Crippen LogP contribution < -0.4 is 10.6 Å². The highest BCUT2D eigenvalue weighted by molar-refractivity contribution is 9.10. The normalized spacial score (nSPS) is 12.6. The van der Waals surface area contributed by atoms with E-state index in [2.05, 4.69) is 26.6 Å². The van der Waals surface area contributed by atoms with Crippen LogP contribution in [0.5, 0.6) is 0 Å². The Balaban J connectivity index is 2.48. The minimum Gasteiger partial charge on any atom is -0.444 e. The molecule has 0 radical (unpaired) electrons. The first-order chi connectivity index (χ1) is 10.6. The van der Waals surface area contributed by atoms with Gasteiger partial charge in [-0.05, 0) is 39.8 Å². The third-order valence-electron chi connectivity index (χ3n) is 2.77. The van der Waals surface area contributed by atoms with Crippen molar-refractivity contribution in [2.75, 3.05) is 6.54 Å². The summed E-state index contributed by atoms with van der Waals surface area (Å²) < 4.78 is 5.82. The number of nitro benzene ring substituents is 1. The second-order valence-electron chi connectivity index (χ2n) is 6.21. The van der Waals surface area contributed by atoms with Gasteiger partial charge in [-0.3, -0.25) is 10.1 Å². The highest BCUT2D eigenvalue weighted by Gasteiger charge is 2.18. The molecule has 1 unspecified atom stereocenters. The van der Waals surface area contributed by atoms with Gasteiger partial charge in [-0.25, -0.2) is 4.79 Å². The summed E-state index contributed by atoms with van der Waals surface area (Å²) in [5.41, 5.74) is 0.0947. The highest BCUT2D eigenvalue weighted by atomic mass is 79.9. The van der Waals surface area contributed by atoms with Crippen LogP contribution in [-0.4, -0.2) is 29.2 Å². The minimum absolute atomic E-state index is 0.0552. The van der Waals surface area contributed by atoms with E-state index >= 15 is 0 Å². The molecule has 0 aromatic heterocycles. The molecule has 8 heteroatoms. The topological polar surface area (TPSA) is 93.5 Å². The summed E-state index contributed by atoms with van der Waals surface area (Å²) in [5, 5.41) is 16.8. The smallest absolute Gasteiger partial charge is 0.407 e. The third-order valence-corrected chi connectivity index (χ3v) is 3.27. The van der Waals surface area contributed by atoms with Crippen LogP contribution in [0.25, 0.3) is 0 Å². The highest BCUT2D eigenvalue weighted by Crippen LogP contribution is 2.23. The number of carbonyl (C=O) groups excluding carboxylic acids is 1. The van der Waals surface area contributed by atoms with Gasteiger partial charge in [0, 0.05) is 35.2 Å². The largest absolute Gasteiger partial charge is 0.444 e. The van der Waals surface area contributed by atoms with Crippen LogP contribution in [0.4, 0.5) is 10.5 Å². The predicted octanol–water partition coefficient (Wildman–Crippen LogP) is 3.36. The van der Waals surface area contributed by atoms with E-state index in [0.29, 0.717) is 23.1 Å². The number of nitrogens with one attached hydrogen (secondary N) is 2. The lowest BCUT2D eigenvalue weighted by atomic mass is 10.2. The van der Waals surface area contributed by atoms with Crippen molar-refractivity contribution in [3.05, 3.63) is 38.3 Å². The monoisotopic (exact) mass is 387 g/mol. The van der Waals surface area contributed by atoms with Crippen molar-refractivity contribution in [3.8, 4) is 0 Å². The number of hydrogen-bond donors (Lipinski definition) is 2. The Labute approximate surface area is 144 Å². The molecule has 1 amide bonds. The van der Waals surface area contributed by atoms with E-state index in [1.54, 1.807) is 32.9 Å². The van der Waals surface area contributed by atoms with Crippen molar-refractivity contribution >= 4 is 27.7 Å². The maximum absolute atomic E-state index is 11.6. The summed E-state index contributed by atoms with van der Waals surface area (Å²) in [7, 11) is 0. The summed E-state index contributed by atoms with van der Waals surface area (Å²) in [4.78, 5) is 22.2. The number of amides is 1. The molecule has 2 N–H and O–H groups in total. The number of halogens is 1. The number of benzene rings is 1. The Morgan fingerprint density at radius 1 is 1.43 bits per heavy atom. The fraction of sp³-hybridized carbons (Fsp3) is 0.533. The Hall–Kier alpha value is -1.67. The molecule has 0 aliphatic rings. The lowest BCUT2D eigenvalue weighted by molar-refractivity contribution is -0.385. The number of nitro groups is 1. The van der Waals surface area contributed by atoms with Crippen LogP contribution in [0.15, 0.2) is 22.7 Å². The molecule has 23 heavy (non-hydrogen) atoms. The van der Waals surface area contributed by atoms with E-state index in [4.69, 9.17) is 4.74 Å². The Kier molecular flexibility index (Phi) is 6.96. The number of rotatable bonds is 6. The van der Waals surface area contributed by atoms with Crippen molar-refractivity contribution in [1.29, 1.82) is 0 Å². The summed E-state index contributed by atoms with van der Waals surface area (Å²) in [6.07, 6.45) is -0.485. The molecule has 1 atom stereocenters. The van der Waals surface area contributed by atoms with Crippen molar-refractivity contribution in [1.82, 2.24) is 10.6 Å². The number of carbonyl (C=O) groups is 1. The van der Waals surface area contributed by atoms with Crippen molar-refractivity contribution in [2.45, 2.75) is 45.9 Å². The zero-order valence-corrected chi connectivity index (χ0v) is 15.3. The molecule has 0 aliphatic carbocycles. The first-order valence-electron chi connectivity index (χ1n) is 7.21. The third kappa shape index (κ3) is 7.43. The van der Waals surface area contributed by atoms with Crippen LogP contribution >= 0.6 is 15.9 Å². The maximum Gasteiger partial charge on any atom is 0.407 e. The zero-order chi connectivity index (χ0) is 17.6. The van der Waals surface area contributed by atoms with Crippen molar-refractivity contribution in [2.24, 2.45) is 0 Å². The maximum atomic E-state index is 11.6. The van der Waals surface area contributed by atoms with Gasteiger partial charge in [0.15, 0.2) is 0 Å². The molecule has 0 heterocycles. The molecule has 0 saturated carbocycles. The van der Waals surface area contributed by atoms with E-state index in [1.165, 1.54) is 6.07 Å². The fourth-order valence-electron chi connectivity index (χ4n) is 1.84. The predicted molar refractivity (Wildman–Crippen MR) is 91.3 cm³/mol. The molecule has 0 bridgehead atoms. The summed E-state index contributed by atoms with van der Waals surface area (Å²) in [6, 6.07) is 4.76. The first-order valence-corrected chi connectivity index (χ1v) is 8.01. The van der Waals surface area contributed by atoms with Crippen LogP contribution in [0.1, 0.15) is 33.3 Å². The Morgan fingerprint density at radius 3 is 2.65 bits per heavy atom. The van der Waals surface area contributed by atoms with E-state index in [9.17, 15) is 14.9 Å². The molecule has 1 rings (SSSR count). The average Bonchev–Trinajstić information content (AvgIpc) is 2.37.